The average Bonchev–Trinajstić information content (AvgIpc) is 2.42. The quantitative estimate of drug-likeness (QED) is 0.253. The van der Waals surface area contributed by atoms with E-state index in [-0.39, 0.29) is 0 Å². The first-order valence-corrected chi connectivity index (χ1v) is 10.9. The van der Waals surface area contributed by atoms with Crippen LogP contribution >= 0.6 is 0 Å². The molecule has 0 saturated heterocycles. The van der Waals surface area contributed by atoms with E-state index >= 15 is 0 Å². The van der Waals surface area contributed by atoms with Crippen molar-refractivity contribution in [2.24, 2.45) is 0 Å². The van der Waals surface area contributed by atoms with E-state index in [4.69, 9.17) is 9.84 Å². The number of hydrogen-bond donors (Lipinski definition) is 1. The minimum absolute atomic E-state index is 0.398. The van der Waals surface area contributed by atoms with Gasteiger partial charge in [0.25, 0.3) is 0 Å². The van der Waals surface area contributed by atoms with Gasteiger partial charge >= 0.3 is 11.9 Å². The number of ether oxygens (including phenoxy) is 1. The Morgan fingerprint density at radius 2 is 1.48 bits per heavy atom. The van der Waals surface area contributed by atoms with Crippen molar-refractivity contribution < 1.29 is 19.4 Å². The molecule has 4 nitrogen and oxygen atoms in total. The molecule has 0 unspecified atom stereocenters. The van der Waals surface area contributed by atoms with Crippen LogP contribution in [0.3, 0.4) is 0 Å². The van der Waals surface area contributed by atoms with Gasteiger partial charge in [-0.15, -0.1) is 0 Å². The lowest BCUT2D eigenvalue weighted by molar-refractivity contribution is -0.138. The molecule has 0 radical (unpaired) electrons. The lowest BCUT2D eigenvalue weighted by Gasteiger charge is -2.31. The number of hydrogen-bond acceptors (Lipinski definition) is 3. The van der Waals surface area contributed by atoms with E-state index in [1.165, 1.54) is 43.4 Å². The second-order valence-corrected chi connectivity index (χ2v) is 10.7. The Kier molecular flexibility index (Phi) is 10.9. The first kappa shape index (κ1) is 19.9. The summed E-state index contributed by atoms with van der Waals surface area (Å²) >= 11 is 0. The zero-order valence-corrected chi connectivity index (χ0v) is 14.7. The Hall–Kier alpha value is -1.10. The molecule has 0 rings (SSSR count). The molecule has 0 heterocycles. The third-order valence-electron chi connectivity index (χ3n) is 3.80. The van der Waals surface area contributed by atoms with Crippen LogP contribution < -0.4 is 0 Å². The summed E-state index contributed by atoms with van der Waals surface area (Å²) in [6.45, 7) is 7.16. The molecule has 0 saturated carbocycles. The van der Waals surface area contributed by atoms with Gasteiger partial charge in [-0.25, -0.2) is 9.59 Å². The number of carbonyl (C=O) groups excluding carboxylic acids is 1. The van der Waals surface area contributed by atoms with Crippen molar-refractivity contribution in [2.75, 3.05) is 6.61 Å². The first-order valence-electron chi connectivity index (χ1n) is 8.07. The number of esters is 1. The van der Waals surface area contributed by atoms with Gasteiger partial charge in [-0.1, -0.05) is 64.2 Å². The van der Waals surface area contributed by atoms with Crippen molar-refractivity contribution in [3.63, 3.8) is 0 Å². The Morgan fingerprint density at radius 1 is 0.952 bits per heavy atom. The fraction of sp³-hybridized carbons (Fsp3) is 0.750. The number of carboxylic acids is 1. The van der Waals surface area contributed by atoms with E-state index in [2.05, 4.69) is 20.8 Å². The summed E-state index contributed by atoms with van der Waals surface area (Å²) in [5.41, 5.74) is 0. The average molecular weight is 314 g/mol. The van der Waals surface area contributed by atoms with E-state index in [1.807, 2.05) is 0 Å². The molecule has 0 aliphatic carbocycles. The molecule has 122 valence electrons. The highest BCUT2D eigenvalue weighted by molar-refractivity contribution is 6.79. The van der Waals surface area contributed by atoms with Crippen LogP contribution in [0.25, 0.3) is 0 Å². The highest BCUT2D eigenvalue weighted by atomic mass is 28.3. The van der Waals surface area contributed by atoms with Gasteiger partial charge in [-0.3, -0.25) is 0 Å². The molecular formula is C16H30O4Si. The summed E-state index contributed by atoms with van der Waals surface area (Å²) in [5, 5.41) is 8.43. The maximum absolute atomic E-state index is 11.3. The summed E-state index contributed by atoms with van der Waals surface area (Å²) in [7, 11) is -1.21. The van der Waals surface area contributed by atoms with E-state index in [0.717, 1.165) is 18.6 Å². The predicted octanol–water partition coefficient (Wildman–Crippen LogP) is 4.24. The maximum Gasteiger partial charge on any atom is 0.331 e. The molecule has 0 bridgehead atoms. The van der Waals surface area contributed by atoms with Gasteiger partial charge in [0.15, 0.2) is 0 Å². The van der Waals surface area contributed by atoms with Gasteiger partial charge in [-0.2, -0.15) is 0 Å². The minimum Gasteiger partial charge on any atom is -0.478 e. The monoisotopic (exact) mass is 314 g/mol. The largest absolute Gasteiger partial charge is 0.478 e. The number of aliphatic carboxylic acids is 1. The highest BCUT2D eigenvalue weighted by Crippen LogP contribution is 2.31. The Bertz CT molecular complexity index is 322. The van der Waals surface area contributed by atoms with Crippen LogP contribution in [0.15, 0.2) is 12.2 Å². The zero-order valence-electron chi connectivity index (χ0n) is 13.7. The number of carboxylic acid groups (broad SMARTS) is 1. The molecule has 0 aromatic carbocycles. The van der Waals surface area contributed by atoms with E-state index in [9.17, 15) is 9.59 Å². The van der Waals surface area contributed by atoms with Crippen LogP contribution in [-0.4, -0.2) is 31.7 Å². The van der Waals surface area contributed by atoms with E-state index in [0.29, 0.717) is 6.61 Å². The normalized spacial score (nSPS) is 11.8. The lowest BCUT2D eigenvalue weighted by atomic mass is 10.5. The van der Waals surface area contributed by atoms with Crippen molar-refractivity contribution in [3.05, 3.63) is 12.2 Å². The topological polar surface area (TPSA) is 63.6 Å². The first-order chi connectivity index (χ1) is 9.99. The molecule has 0 aromatic rings. The second-order valence-electron chi connectivity index (χ2n) is 5.69. The summed E-state index contributed by atoms with van der Waals surface area (Å²) < 4.78 is 5.06. The third kappa shape index (κ3) is 9.45. The summed E-state index contributed by atoms with van der Waals surface area (Å²) in [5.74, 6) is -1.70. The fourth-order valence-electron chi connectivity index (χ4n) is 3.15. The summed E-state index contributed by atoms with van der Waals surface area (Å²) in [6, 6.07) is 5.29. The van der Waals surface area contributed by atoms with Crippen molar-refractivity contribution in [1.82, 2.24) is 0 Å². The molecule has 1 N–H and O–H groups in total. The van der Waals surface area contributed by atoms with Crippen LogP contribution in [0.5, 0.6) is 0 Å². The number of carbonyl (C=O) groups is 2. The minimum atomic E-state index is -1.21. The Labute approximate surface area is 129 Å². The van der Waals surface area contributed by atoms with Gasteiger partial charge in [-0.05, 0) is 6.42 Å². The van der Waals surface area contributed by atoms with Crippen molar-refractivity contribution >= 4 is 20.0 Å². The maximum atomic E-state index is 11.3. The van der Waals surface area contributed by atoms with Crippen LogP contribution in [-0.2, 0) is 14.3 Å². The van der Waals surface area contributed by atoms with Gasteiger partial charge in [0.2, 0.25) is 0 Å². The summed E-state index contributed by atoms with van der Waals surface area (Å²) in [4.78, 5) is 21.6. The van der Waals surface area contributed by atoms with E-state index in [1.54, 1.807) is 0 Å². The second kappa shape index (κ2) is 11.5. The van der Waals surface area contributed by atoms with Gasteiger partial charge in [0.1, 0.15) is 0 Å². The standard InChI is InChI=1S/C16H30O4Si/c1-4-11-21(12-5-2,13-6-3)14-7-10-20-16(19)9-8-15(17)18/h8-9H,4-7,10-14H2,1-3H3,(H,17,18)/b9-8-. The molecule has 0 spiro atoms. The molecule has 0 aliphatic heterocycles. The van der Waals surface area contributed by atoms with Gasteiger partial charge in [0, 0.05) is 12.2 Å². The smallest absolute Gasteiger partial charge is 0.331 e. The molecule has 5 heteroatoms. The molecular weight excluding hydrogens is 284 g/mol. The van der Waals surface area contributed by atoms with Crippen LogP contribution in [0.4, 0.5) is 0 Å². The Balaban J connectivity index is 4.23. The molecule has 0 amide bonds. The lowest BCUT2D eigenvalue weighted by Crippen LogP contribution is -2.33. The number of rotatable bonds is 12. The fourth-order valence-corrected chi connectivity index (χ4v) is 8.72. The molecule has 0 aromatic heterocycles. The Morgan fingerprint density at radius 3 is 1.90 bits per heavy atom. The van der Waals surface area contributed by atoms with Crippen molar-refractivity contribution in [1.29, 1.82) is 0 Å². The van der Waals surface area contributed by atoms with E-state index < -0.39 is 20.0 Å². The van der Waals surface area contributed by atoms with Gasteiger partial charge < -0.3 is 9.84 Å². The van der Waals surface area contributed by atoms with Gasteiger partial charge in [0.05, 0.1) is 14.7 Å². The molecule has 0 aliphatic rings. The predicted molar refractivity (Wildman–Crippen MR) is 88.2 cm³/mol. The summed E-state index contributed by atoms with van der Waals surface area (Å²) in [6.07, 6.45) is 6.41. The van der Waals surface area contributed by atoms with Crippen molar-refractivity contribution in [3.8, 4) is 0 Å². The molecule has 0 atom stereocenters. The van der Waals surface area contributed by atoms with Crippen LogP contribution in [0, 0.1) is 0 Å². The van der Waals surface area contributed by atoms with Crippen LogP contribution in [0.1, 0.15) is 46.5 Å². The van der Waals surface area contributed by atoms with Crippen LogP contribution in [0.2, 0.25) is 24.2 Å². The molecule has 21 heavy (non-hydrogen) atoms. The highest BCUT2D eigenvalue weighted by Gasteiger charge is 2.29. The van der Waals surface area contributed by atoms with Crippen molar-refractivity contribution in [2.45, 2.75) is 70.6 Å². The SMILES string of the molecule is CCC[Si](CCC)(CCC)CCCOC(=O)/C=C\C(=O)O. The zero-order chi connectivity index (χ0) is 16.1. The third-order valence-corrected chi connectivity index (χ3v) is 9.89. The molecule has 0 fully saturated rings.